The number of fused-ring (bicyclic) bond motifs is 1. The molecule has 1 aliphatic heterocycles. The molecule has 4 rings (SSSR count). The van der Waals surface area contributed by atoms with E-state index in [-0.39, 0.29) is 23.6 Å². The van der Waals surface area contributed by atoms with Gasteiger partial charge in [-0.1, -0.05) is 24.3 Å². The van der Waals surface area contributed by atoms with Crippen molar-refractivity contribution in [2.75, 3.05) is 31.1 Å². The van der Waals surface area contributed by atoms with Crippen molar-refractivity contribution < 1.29 is 18.0 Å². The first-order valence-electron chi connectivity index (χ1n) is 10.7. The van der Waals surface area contributed by atoms with Gasteiger partial charge in [-0.3, -0.25) is 14.2 Å². The largest absolute Gasteiger partial charge is 0.418 e. The van der Waals surface area contributed by atoms with Crippen molar-refractivity contribution in [1.29, 1.82) is 0 Å². The summed E-state index contributed by atoms with van der Waals surface area (Å²) < 4.78 is 41.7. The maximum absolute atomic E-state index is 13.3. The normalized spacial score (nSPS) is 14.6. The first-order valence-corrected chi connectivity index (χ1v) is 11.1. The van der Waals surface area contributed by atoms with Crippen molar-refractivity contribution in [3.05, 3.63) is 69.2 Å². The van der Waals surface area contributed by atoms with Crippen LogP contribution in [0.4, 0.5) is 18.9 Å². The van der Waals surface area contributed by atoms with Gasteiger partial charge in [0.1, 0.15) is 0 Å². The molecule has 3 aromatic rings. The molecule has 2 aromatic carbocycles. The Morgan fingerprint density at radius 1 is 1.00 bits per heavy atom. The fraction of sp³-hybridized carbons (Fsp3) is 0.348. The predicted octanol–water partition coefficient (Wildman–Crippen LogP) is 4.21. The molecule has 0 saturated carbocycles. The van der Waals surface area contributed by atoms with Gasteiger partial charge >= 0.3 is 6.18 Å². The lowest BCUT2D eigenvalue weighted by Gasteiger charge is -2.37. The van der Waals surface area contributed by atoms with Gasteiger partial charge in [0.15, 0.2) is 4.77 Å². The number of piperazine rings is 1. The molecule has 1 saturated heterocycles. The lowest BCUT2D eigenvalue weighted by molar-refractivity contribution is -0.137. The second-order valence-electron chi connectivity index (χ2n) is 7.92. The molecule has 0 bridgehead atoms. The molecule has 1 aliphatic rings. The average Bonchev–Trinajstić information content (AvgIpc) is 2.80. The summed E-state index contributed by atoms with van der Waals surface area (Å²) >= 11 is 5.29. The molecule has 0 atom stereocenters. The number of alkyl halides is 3. The number of hydrogen-bond donors (Lipinski definition) is 1. The van der Waals surface area contributed by atoms with E-state index >= 15 is 0 Å². The summed E-state index contributed by atoms with van der Waals surface area (Å²) in [5, 5.41) is 0.535. The van der Waals surface area contributed by atoms with Crippen molar-refractivity contribution in [3.63, 3.8) is 0 Å². The van der Waals surface area contributed by atoms with E-state index in [0.717, 1.165) is 6.07 Å². The van der Waals surface area contributed by atoms with Crippen LogP contribution in [-0.4, -0.2) is 46.5 Å². The molecule has 0 aliphatic carbocycles. The average molecular weight is 477 g/mol. The standard InChI is InChI=1S/C23H23F3N4O2S/c24-23(25,26)17-7-2-4-9-19(17)28-12-14-29(15-13-28)20(31)10-5-11-30-21(32)16-6-1-3-8-18(16)27-22(30)33/h1-4,6-9H,5,10-15H2,(H,27,33). The topological polar surface area (TPSA) is 61.3 Å². The lowest BCUT2D eigenvalue weighted by atomic mass is 10.1. The Kier molecular flexibility index (Phi) is 6.55. The Morgan fingerprint density at radius 2 is 1.67 bits per heavy atom. The predicted molar refractivity (Wildman–Crippen MR) is 123 cm³/mol. The Labute approximate surface area is 193 Å². The molecule has 1 N–H and O–H groups in total. The third kappa shape index (κ3) is 4.95. The molecule has 10 heteroatoms. The molecule has 0 radical (unpaired) electrons. The van der Waals surface area contributed by atoms with Crippen LogP contribution in [0.2, 0.25) is 0 Å². The second-order valence-corrected chi connectivity index (χ2v) is 8.31. The monoisotopic (exact) mass is 476 g/mol. The lowest BCUT2D eigenvalue weighted by Crippen LogP contribution is -2.49. The number of halogens is 3. The summed E-state index contributed by atoms with van der Waals surface area (Å²) in [7, 11) is 0. The van der Waals surface area contributed by atoms with E-state index < -0.39 is 11.7 Å². The number of rotatable bonds is 5. The number of carbonyl (C=O) groups excluding carboxylic acids is 1. The number of aromatic nitrogens is 2. The Balaban J connectivity index is 1.34. The van der Waals surface area contributed by atoms with Crippen molar-refractivity contribution in [3.8, 4) is 0 Å². The number of benzene rings is 2. The van der Waals surface area contributed by atoms with E-state index in [1.165, 1.54) is 16.7 Å². The first kappa shape index (κ1) is 23.0. The van der Waals surface area contributed by atoms with Crippen LogP contribution in [0.25, 0.3) is 10.9 Å². The zero-order chi connectivity index (χ0) is 23.6. The van der Waals surface area contributed by atoms with Crippen LogP contribution in [0.1, 0.15) is 18.4 Å². The summed E-state index contributed by atoms with van der Waals surface area (Å²) in [4.78, 5) is 31.7. The highest BCUT2D eigenvalue weighted by Gasteiger charge is 2.35. The summed E-state index contributed by atoms with van der Waals surface area (Å²) in [6.07, 6.45) is -3.76. The van der Waals surface area contributed by atoms with Gasteiger partial charge in [-0.15, -0.1) is 0 Å². The minimum Gasteiger partial charge on any atom is -0.367 e. The number of hydrogen-bond acceptors (Lipinski definition) is 4. The van der Waals surface area contributed by atoms with Gasteiger partial charge in [-0.25, -0.2) is 0 Å². The van der Waals surface area contributed by atoms with Crippen LogP contribution in [-0.2, 0) is 17.5 Å². The molecule has 0 unspecified atom stereocenters. The molecule has 1 aromatic heterocycles. The Bertz CT molecular complexity index is 1280. The van der Waals surface area contributed by atoms with Crippen LogP contribution in [0.15, 0.2) is 53.3 Å². The summed E-state index contributed by atoms with van der Waals surface area (Å²) in [5.74, 6) is -0.0810. The summed E-state index contributed by atoms with van der Waals surface area (Å²) in [5.41, 5.74) is -0.0485. The Morgan fingerprint density at radius 3 is 2.39 bits per heavy atom. The summed E-state index contributed by atoms with van der Waals surface area (Å²) in [6, 6.07) is 12.6. The van der Waals surface area contributed by atoms with Gasteiger partial charge in [0.25, 0.3) is 5.56 Å². The van der Waals surface area contributed by atoms with Gasteiger partial charge in [0.05, 0.1) is 16.5 Å². The quantitative estimate of drug-likeness (QED) is 0.561. The molecule has 6 nitrogen and oxygen atoms in total. The van der Waals surface area contributed by atoms with Crippen LogP contribution in [0.3, 0.4) is 0 Å². The van der Waals surface area contributed by atoms with Crippen molar-refractivity contribution in [2.45, 2.75) is 25.6 Å². The van der Waals surface area contributed by atoms with Gasteiger partial charge in [0.2, 0.25) is 5.91 Å². The number of anilines is 1. The summed E-state index contributed by atoms with van der Waals surface area (Å²) in [6.45, 7) is 1.66. The number of nitrogens with one attached hydrogen (secondary N) is 1. The smallest absolute Gasteiger partial charge is 0.367 e. The SMILES string of the molecule is O=C(CCCn1c(=S)[nH]c2ccccc2c1=O)N1CCN(c2ccccc2C(F)(F)F)CC1. The molecule has 0 spiro atoms. The fourth-order valence-electron chi connectivity index (χ4n) is 4.13. The van der Waals surface area contributed by atoms with Gasteiger partial charge in [0, 0.05) is 44.8 Å². The number of nitrogens with zero attached hydrogens (tertiary/aromatic N) is 3. The molecule has 33 heavy (non-hydrogen) atoms. The second kappa shape index (κ2) is 9.38. The fourth-order valence-corrected chi connectivity index (χ4v) is 4.42. The third-order valence-electron chi connectivity index (χ3n) is 5.84. The highest BCUT2D eigenvalue weighted by atomic mass is 32.1. The van der Waals surface area contributed by atoms with Gasteiger partial charge in [-0.2, -0.15) is 13.2 Å². The zero-order valence-electron chi connectivity index (χ0n) is 17.8. The molecule has 2 heterocycles. The minimum absolute atomic E-state index is 0.0810. The number of aromatic amines is 1. The number of H-pyrrole nitrogens is 1. The number of amides is 1. The van der Waals surface area contributed by atoms with Crippen LogP contribution in [0, 0.1) is 4.77 Å². The maximum atomic E-state index is 13.3. The molecular formula is C23H23F3N4O2S. The number of para-hydroxylation sites is 2. The van der Waals surface area contributed by atoms with E-state index in [9.17, 15) is 22.8 Å². The zero-order valence-corrected chi connectivity index (χ0v) is 18.6. The Hall–Kier alpha value is -3.14. The van der Waals surface area contributed by atoms with E-state index in [1.807, 2.05) is 6.07 Å². The minimum atomic E-state index is -4.43. The van der Waals surface area contributed by atoms with Crippen LogP contribution < -0.4 is 10.5 Å². The number of carbonyl (C=O) groups is 1. The van der Waals surface area contributed by atoms with Gasteiger partial charge < -0.3 is 14.8 Å². The van der Waals surface area contributed by atoms with E-state index in [4.69, 9.17) is 12.2 Å². The van der Waals surface area contributed by atoms with Crippen LogP contribution >= 0.6 is 12.2 Å². The molecule has 174 valence electrons. The van der Waals surface area contributed by atoms with E-state index in [2.05, 4.69) is 4.98 Å². The van der Waals surface area contributed by atoms with E-state index in [0.29, 0.717) is 54.8 Å². The van der Waals surface area contributed by atoms with E-state index in [1.54, 1.807) is 34.1 Å². The van der Waals surface area contributed by atoms with Crippen molar-refractivity contribution >= 4 is 34.7 Å². The molecule has 1 fully saturated rings. The molecule has 1 amide bonds. The van der Waals surface area contributed by atoms with Crippen molar-refractivity contribution in [2.24, 2.45) is 0 Å². The van der Waals surface area contributed by atoms with Crippen molar-refractivity contribution in [1.82, 2.24) is 14.5 Å². The third-order valence-corrected chi connectivity index (χ3v) is 6.17. The molecular weight excluding hydrogens is 453 g/mol. The maximum Gasteiger partial charge on any atom is 0.418 e. The highest BCUT2D eigenvalue weighted by molar-refractivity contribution is 7.71. The van der Waals surface area contributed by atoms with Crippen LogP contribution in [0.5, 0.6) is 0 Å². The highest BCUT2D eigenvalue weighted by Crippen LogP contribution is 2.36. The first-order chi connectivity index (χ1) is 15.8. The van der Waals surface area contributed by atoms with Gasteiger partial charge in [-0.05, 0) is 42.9 Å².